The summed E-state index contributed by atoms with van der Waals surface area (Å²) in [4.78, 5) is 16.5. The topological polar surface area (TPSA) is 32.9 Å². The molecule has 2 nitrogen and oxygen atoms in total. The van der Waals surface area contributed by atoms with E-state index in [9.17, 15) is 4.79 Å². The first kappa shape index (κ1) is 13.3. The number of carbonyl (C=O) groups is 1. The van der Waals surface area contributed by atoms with E-state index in [-0.39, 0.29) is 5.78 Å². The summed E-state index contributed by atoms with van der Waals surface area (Å²) in [5.74, 6) is 0.547. The molecule has 4 heteroatoms. The largest absolute Gasteiger partial charge is 0.360 e. The third-order valence-corrected chi connectivity index (χ3v) is 4.34. The van der Waals surface area contributed by atoms with Crippen molar-refractivity contribution in [1.29, 1.82) is 0 Å². The van der Waals surface area contributed by atoms with Gasteiger partial charge in [-0.15, -0.1) is 11.8 Å². The molecule has 0 saturated carbocycles. The molecule has 2 aromatic carbocycles. The fourth-order valence-corrected chi connectivity index (χ4v) is 2.97. The maximum atomic E-state index is 12.3. The Balaban J connectivity index is 1.75. The maximum Gasteiger partial charge on any atom is 0.175 e. The Labute approximate surface area is 126 Å². The molecule has 3 rings (SSSR count). The zero-order valence-electron chi connectivity index (χ0n) is 10.6. The van der Waals surface area contributed by atoms with Crippen LogP contribution in [0.25, 0.3) is 10.9 Å². The first-order chi connectivity index (χ1) is 9.74. The van der Waals surface area contributed by atoms with Crippen LogP contribution >= 0.6 is 23.4 Å². The van der Waals surface area contributed by atoms with Gasteiger partial charge in [-0.1, -0.05) is 29.8 Å². The maximum absolute atomic E-state index is 12.3. The van der Waals surface area contributed by atoms with Crippen LogP contribution in [-0.4, -0.2) is 16.5 Å². The number of para-hydroxylation sites is 1. The predicted molar refractivity (Wildman–Crippen MR) is 84.8 cm³/mol. The summed E-state index contributed by atoms with van der Waals surface area (Å²) in [6.07, 6.45) is 1.79. The molecule has 0 unspecified atom stereocenters. The number of Topliss-reactive ketones (excluding diaryl/α,β-unsaturated/α-hetero) is 1. The van der Waals surface area contributed by atoms with E-state index in [4.69, 9.17) is 11.6 Å². The van der Waals surface area contributed by atoms with Crippen LogP contribution in [0.1, 0.15) is 10.4 Å². The molecule has 0 atom stereocenters. The fraction of sp³-hybridized carbons (Fsp3) is 0.0625. The number of benzene rings is 2. The summed E-state index contributed by atoms with van der Waals surface area (Å²) >= 11 is 7.36. The molecule has 100 valence electrons. The average molecular weight is 302 g/mol. The van der Waals surface area contributed by atoms with E-state index < -0.39 is 0 Å². The Morgan fingerprint density at radius 3 is 2.65 bits per heavy atom. The molecule has 0 spiro atoms. The molecule has 0 radical (unpaired) electrons. The summed E-state index contributed by atoms with van der Waals surface area (Å²) in [7, 11) is 0. The van der Waals surface area contributed by atoms with Gasteiger partial charge in [-0.2, -0.15) is 0 Å². The smallest absolute Gasteiger partial charge is 0.175 e. The van der Waals surface area contributed by atoms with E-state index in [1.807, 2.05) is 48.5 Å². The Morgan fingerprint density at radius 1 is 1.10 bits per heavy atom. The molecule has 0 saturated heterocycles. The molecule has 0 fully saturated rings. The lowest BCUT2D eigenvalue weighted by atomic mass is 10.1. The molecular weight excluding hydrogens is 290 g/mol. The lowest BCUT2D eigenvalue weighted by Gasteiger charge is -2.01. The molecule has 0 aliphatic rings. The summed E-state index contributed by atoms with van der Waals surface area (Å²) < 4.78 is 0. The Kier molecular flexibility index (Phi) is 3.81. The highest BCUT2D eigenvalue weighted by Crippen LogP contribution is 2.24. The zero-order chi connectivity index (χ0) is 13.9. The molecule has 0 bridgehead atoms. The van der Waals surface area contributed by atoms with Gasteiger partial charge in [0.2, 0.25) is 0 Å². The average Bonchev–Trinajstić information content (AvgIpc) is 2.90. The van der Waals surface area contributed by atoms with Crippen molar-refractivity contribution in [3.8, 4) is 0 Å². The van der Waals surface area contributed by atoms with Gasteiger partial charge in [0.25, 0.3) is 0 Å². The van der Waals surface area contributed by atoms with Gasteiger partial charge in [0, 0.05) is 32.6 Å². The van der Waals surface area contributed by atoms with E-state index in [1.54, 1.807) is 6.20 Å². The number of halogens is 1. The molecule has 3 aromatic rings. The molecule has 0 amide bonds. The number of thioether (sulfide) groups is 1. The Morgan fingerprint density at radius 2 is 1.85 bits per heavy atom. The van der Waals surface area contributed by atoms with Crippen LogP contribution in [0, 0.1) is 0 Å². The van der Waals surface area contributed by atoms with Gasteiger partial charge in [0.05, 0.1) is 5.75 Å². The number of aromatic amines is 1. The molecule has 0 aliphatic heterocycles. The van der Waals surface area contributed by atoms with E-state index in [1.165, 1.54) is 11.8 Å². The van der Waals surface area contributed by atoms with Gasteiger partial charge in [0.15, 0.2) is 5.78 Å². The normalized spacial score (nSPS) is 10.8. The van der Waals surface area contributed by atoms with Crippen LogP contribution in [0.4, 0.5) is 0 Å². The van der Waals surface area contributed by atoms with Crippen LogP contribution in [0.15, 0.2) is 59.6 Å². The van der Waals surface area contributed by atoms with Crippen molar-refractivity contribution < 1.29 is 4.79 Å². The van der Waals surface area contributed by atoms with Crippen molar-refractivity contribution in [2.45, 2.75) is 4.90 Å². The molecular formula is C16H12ClNOS. The Hall–Kier alpha value is -1.71. The minimum atomic E-state index is 0.127. The second-order valence-corrected chi connectivity index (χ2v) is 5.90. The van der Waals surface area contributed by atoms with Crippen LogP contribution in [0.5, 0.6) is 0 Å². The minimum absolute atomic E-state index is 0.127. The first-order valence-electron chi connectivity index (χ1n) is 6.22. The van der Waals surface area contributed by atoms with Gasteiger partial charge < -0.3 is 4.98 Å². The van der Waals surface area contributed by atoms with Crippen molar-refractivity contribution in [3.05, 3.63) is 65.3 Å². The van der Waals surface area contributed by atoms with E-state index in [2.05, 4.69) is 4.98 Å². The highest BCUT2D eigenvalue weighted by Gasteiger charge is 2.11. The van der Waals surface area contributed by atoms with Crippen LogP contribution in [0.2, 0.25) is 5.02 Å². The van der Waals surface area contributed by atoms with Gasteiger partial charge in [0.1, 0.15) is 0 Å². The number of carbonyl (C=O) groups excluding carboxylic acids is 1. The van der Waals surface area contributed by atoms with Gasteiger partial charge in [-0.25, -0.2) is 0 Å². The van der Waals surface area contributed by atoms with E-state index >= 15 is 0 Å². The lowest BCUT2D eigenvalue weighted by Crippen LogP contribution is -2.01. The van der Waals surface area contributed by atoms with E-state index in [0.29, 0.717) is 10.8 Å². The number of fused-ring (bicyclic) bond motifs is 1. The highest BCUT2D eigenvalue weighted by molar-refractivity contribution is 8.00. The summed E-state index contributed by atoms with van der Waals surface area (Å²) in [5.41, 5.74) is 1.74. The quantitative estimate of drug-likeness (QED) is 0.555. The van der Waals surface area contributed by atoms with Crippen LogP contribution in [0.3, 0.4) is 0 Å². The number of aromatic nitrogens is 1. The summed E-state index contributed by atoms with van der Waals surface area (Å²) in [6, 6.07) is 15.4. The molecule has 0 aliphatic carbocycles. The number of hydrogen-bond acceptors (Lipinski definition) is 2. The molecule has 1 heterocycles. The van der Waals surface area contributed by atoms with Crippen molar-refractivity contribution in [3.63, 3.8) is 0 Å². The SMILES string of the molecule is O=C(CSc1ccc(Cl)cc1)c1c[nH]c2ccccc12. The minimum Gasteiger partial charge on any atom is -0.360 e. The number of nitrogens with one attached hydrogen (secondary N) is 1. The van der Waals surface area contributed by atoms with Gasteiger partial charge in [-0.3, -0.25) is 4.79 Å². The van der Waals surface area contributed by atoms with Crippen molar-refractivity contribution in [1.82, 2.24) is 4.98 Å². The zero-order valence-corrected chi connectivity index (χ0v) is 12.2. The van der Waals surface area contributed by atoms with Crippen molar-refractivity contribution in [2.75, 3.05) is 5.75 Å². The summed E-state index contributed by atoms with van der Waals surface area (Å²) in [5, 5.41) is 1.69. The van der Waals surface area contributed by atoms with Gasteiger partial charge in [-0.05, 0) is 30.3 Å². The predicted octanol–water partition coefficient (Wildman–Crippen LogP) is 4.80. The van der Waals surface area contributed by atoms with Crippen molar-refractivity contribution >= 4 is 40.0 Å². The summed E-state index contributed by atoms with van der Waals surface area (Å²) in [6.45, 7) is 0. The molecule has 1 aromatic heterocycles. The van der Waals surface area contributed by atoms with Gasteiger partial charge >= 0.3 is 0 Å². The number of rotatable bonds is 4. The van der Waals surface area contributed by atoms with Crippen LogP contribution < -0.4 is 0 Å². The second-order valence-electron chi connectivity index (χ2n) is 4.41. The standard InChI is InChI=1S/C16H12ClNOS/c17-11-5-7-12(8-6-11)20-10-16(19)14-9-18-15-4-2-1-3-13(14)15/h1-9,18H,10H2. The number of H-pyrrole nitrogens is 1. The third kappa shape index (κ3) is 2.74. The second kappa shape index (κ2) is 5.73. The third-order valence-electron chi connectivity index (χ3n) is 3.07. The lowest BCUT2D eigenvalue weighted by molar-refractivity contribution is 0.102. The fourth-order valence-electron chi connectivity index (χ4n) is 2.06. The number of hydrogen-bond donors (Lipinski definition) is 1. The Bertz CT molecular complexity index is 749. The van der Waals surface area contributed by atoms with Crippen LogP contribution in [-0.2, 0) is 0 Å². The van der Waals surface area contributed by atoms with Crippen molar-refractivity contribution in [2.24, 2.45) is 0 Å². The molecule has 1 N–H and O–H groups in total. The molecule has 20 heavy (non-hydrogen) atoms. The van der Waals surface area contributed by atoms with E-state index in [0.717, 1.165) is 21.4 Å². The first-order valence-corrected chi connectivity index (χ1v) is 7.58. The number of ketones is 1. The monoisotopic (exact) mass is 301 g/mol. The highest BCUT2D eigenvalue weighted by atomic mass is 35.5.